The first-order valence-corrected chi connectivity index (χ1v) is 6.02. The van der Waals surface area contributed by atoms with Crippen LogP contribution in [-0.4, -0.2) is 17.0 Å². The predicted molar refractivity (Wildman–Crippen MR) is 74.8 cm³/mol. The van der Waals surface area contributed by atoms with E-state index in [2.05, 4.69) is 5.32 Å². The lowest BCUT2D eigenvalue weighted by molar-refractivity contribution is 0.0706. The molecule has 2 aromatic rings. The first-order valence-electron chi connectivity index (χ1n) is 6.02. The lowest BCUT2D eigenvalue weighted by atomic mass is 10.1. The first-order chi connectivity index (χ1) is 9.60. The molecule has 2 amide bonds. The standard InChI is InChI=1S/C15H14N2O3/c1-10-3-2-4-12(9-10)14(18)16-13-7-5-11(6-8-13)15(19)17-20/h2-9,20H,1H3,(H,16,18)(H,17,19). The molecule has 5 heteroatoms. The van der Waals surface area contributed by atoms with Gasteiger partial charge in [0.1, 0.15) is 0 Å². The van der Waals surface area contributed by atoms with E-state index in [1.54, 1.807) is 29.7 Å². The number of carbonyl (C=O) groups excluding carboxylic acids is 2. The molecule has 102 valence electrons. The summed E-state index contributed by atoms with van der Waals surface area (Å²) in [6.45, 7) is 1.92. The Morgan fingerprint density at radius 3 is 2.25 bits per heavy atom. The highest BCUT2D eigenvalue weighted by Crippen LogP contribution is 2.12. The molecule has 0 aliphatic heterocycles. The topological polar surface area (TPSA) is 78.4 Å². The minimum Gasteiger partial charge on any atom is -0.322 e. The minimum atomic E-state index is -0.596. The SMILES string of the molecule is Cc1cccc(C(=O)Nc2ccc(C(=O)NO)cc2)c1. The summed E-state index contributed by atoms with van der Waals surface area (Å²) >= 11 is 0. The zero-order valence-electron chi connectivity index (χ0n) is 10.9. The van der Waals surface area contributed by atoms with Gasteiger partial charge in [-0.3, -0.25) is 14.8 Å². The van der Waals surface area contributed by atoms with Crippen LogP contribution in [0.2, 0.25) is 0 Å². The second kappa shape index (κ2) is 5.99. The second-order valence-electron chi connectivity index (χ2n) is 4.34. The summed E-state index contributed by atoms with van der Waals surface area (Å²) in [5, 5.41) is 11.2. The first kappa shape index (κ1) is 13.8. The van der Waals surface area contributed by atoms with Crippen molar-refractivity contribution >= 4 is 17.5 Å². The van der Waals surface area contributed by atoms with E-state index >= 15 is 0 Å². The molecule has 3 N–H and O–H groups in total. The third kappa shape index (κ3) is 3.21. The molecule has 0 aromatic heterocycles. The summed E-state index contributed by atoms with van der Waals surface area (Å²) in [6, 6.07) is 13.5. The lowest BCUT2D eigenvalue weighted by Gasteiger charge is -2.06. The van der Waals surface area contributed by atoms with Crippen molar-refractivity contribution in [2.75, 3.05) is 5.32 Å². The van der Waals surface area contributed by atoms with Crippen molar-refractivity contribution < 1.29 is 14.8 Å². The Morgan fingerprint density at radius 1 is 0.950 bits per heavy atom. The molecule has 0 bridgehead atoms. The fraction of sp³-hybridized carbons (Fsp3) is 0.0667. The molecule has 2 rings (SSSR count). The van der Waals surface area contributed by atoms with Gasteiger partial charge in [-0.05, 0) is 43.3 Å². The maximum Gasteiger partial charge on any atom is 0.274 e. The monoisotopic (exact) mass is 270 g/mol. The number of aryl methyl sites for hydroxylation is 1. The van der Waals surface area contributed by atoms with Crippen molar-refractivity contribution in [3.8, 4) is 0 Å². The molecule has 0 fully saturated rings. The molecule has 0 heterocycles. The van der Waals surface area contributed by atoms with Gasteiger partial charge in [0.05, 0.1) is 0 Å². The van der Waals surface area contributed by atoms with Gasteiger partial charge in [-0.25, -0.2) is 5.48 Å². The van der Waals surface area contributed by atoms with E-state index in [-0.39, 0.29) is 5.91 Å². The third-order valence-electron chi connectivity index (χ3n) is 2.79. The maximum absolute atomic E-state index is 12.0. The van der Waals surface area contributed by atoms with Crippen LogP contribution >= 0.6 is 0 Å². The van der Waals surface area contributed by atoms with Crippen molar-refractivity contribution in [3.63, 3.8) is 0 Å². The molecule has 0 aliphatic rings. The predicted octanol–water partition coefficient (Wildman–Crippen LogP) is 2.37. The van der Waals surface area contributed by atoms with Gasteiger partial charge in [0.15, 0.2) is 0 Å². The molecule has 2 aromatic carbocycles. The number of hydrogen-bond donors (Lipinski definition) is 3. The van der Waals surface area contributed by atoms with E-state index in [4.69, 9.17) is 5.21 Å². The van der Waals surface area contributed by atoms with Gasteiger partial charge in [-0.15, -0.1) is 0 Å². The van der Waals surface area contributed by atoms with Crippen LogP contribution in [0.5, 0.6) is 0 Å². The van der Waals surface area contributed by atoms with E-state index in [1.165, 1.54) is 12.1 Å². The Balaban J connectivity index is 2.10. The summed E-state index contributed by atoms with van der Waals surface area (Å²) in [7, 11) is 0. The fourth-order valence-corrected chi connectivity index (χ4v) is 1.76. The van der Waals surface area contributed by atoms with Gasteiger partial charge in [0.2, 0.25) is 0 Å². The smallest absolute Gasteiger partial charge is 0.274 e. The number of benzene rings is 2. The normalized spacial score (nSPS) is 9.90. The largest absolute Gasteiger partial charge is 0.322 e. The Morgan fingerprint density at radius 2 is 1.65 bits per heavy atom. The van der Waals surface area contributed by atoms with Crippen LogP contribution in [0, 0.1) is 6.92 Å². The minimum absolute atomic E-state index is 0.215. The van der Waals surface area contributed by atoms with E-state index in [1.807, 2.05) is 19.1 Å². The zero-order valence-corrected chi connectivity index (χ0v) is 10.9. The number of hydrogen-bond acceptors (Lipinski definition) is 3. The molecule has 0 spiro atoms. The highest BCUT2D eigenvalue weighted by Gasteiger charge is 2.07. The van der Waals surface area contributed by atoms with Gasteiger partial charge in [0.25, 0.3) is 11.8 Å². The van der Waals surface area contributed by atoms with E-state index < -0.39 is 5.91 Å². The molecular weight excluding hydrogens is 256 g/mol. The molecule has 20 heavy (non-hydrogen) atoms. The quantitative estimate of drug-likeness (QED) is 0.592. The molecule has 0 radical (unpaired) electrons. The summed E-state index contributed by atoms with van der Waals surface area (Å²) in [5.41, 5.74) is 4.01. The Labute approximate surface area is 116 Å². The Kier molecular flexibility index (Phi) is 4.12. The number of amides is 2. The van der Waals surface area contributed by atoms with Gasteiger partial charge in [-0.1, -0.05) is 17.7 Å². The van der Waals surface area contributed by atoms with Crippen LogP contribution < -0.4 is 10.8 Å². The van der Waals surface area contributed by atoms with Crippen molar-refractivity contribution in [3.05, 3.63) is 65.2 Å². The molecular formula is C15H14N2O3. The van der Waals surface area contributed by atoms with Gasteiger partial charge in [-0.2, -0.15) is 0 Å². The number of rotatable bonds is 3. The van der Waals surface area contributed by atoms with Crippen LogP contribution in [-0.2, 0) is 0 Å². The number of hydroxylamine groups is 1. The highest BCUT2D eigenvalue weighted by atomic mass is 16.5. The van der Waals surface area contributed by atoms with Gasteiger partial charge < -0.3 is 5.32 Å². The van der Waals surface area contributed by atoms with Crippen LogP contribution in [0.1, 0.15) is 26.3 Å². The van der Waals surface area contributed by atoms with Crippen molar-refractivity contribution in [2.45, 2.75) is 6.92 Å². The van der Waals surface area contributed by atoms with E-state index in [0.29, 0.717) is 16.8 Å². The van der Waals surface area contributed by atoms with Crippen LogP contribution in [0.3, 0.4) is 0 Å². The van der Waals surface area contributed by atoms with Gasteiger partial charge >= 0.3 is 0 Å². The van der Waals surface area contributed by atoms with E-state index in [9.17, 15) is 9.59 Å². The number of anilines is 1. The Hall–Kier alpha value is -2.66. The average Bonchev–Trinajstić information content (AvgIpc) is 2.47. The molecule has 0 atom stereocenters. The molecule has 0 saturated carbocycles. The third-order valence-corrected chi connectivity index (χ3v) is 2.79. The van der Waals surface area contributed by atoms with Crippen LogP contribution in [0.25, 0.3) is 0 Å². The van der Waals surface area contributed by atoms with Crippen LogP contribution in [0.15, 0.2) is 48.5 Å². The summed E-state index contributed by atoms with van der Waals surface area (Å²) in [5.74, 6) is -0.811. The van der Waals surface area contributed by atoms with Crippen molar-refractivity contribution in [1.82, 2.24) is 5.48 Å². The molecule has 0 unspecified atom stereocenters. The number of carbonyl (C=O) groups is 2. The molecule has 5 nitrogen and oxygen atoms in total. The lowest BCUT2D eigenvalue weighted by Crippen LogP contribution is -2.18. The van der Waals surface area contributed by atoms with Crippen molar-refractivity contribution in [2.24, 2.45) is 0 Å². The second-order valence-corrected chi connectivity index (χ2v) is 4.34. The van der Waals surface area contributed by atoms with Gasteiger partial charge in [0, 0.05) is 16.8 Å². The Bertz CT molecular complexity index is 636. The molecule has 0 saturated heterocycles. The number of nitrogens with one attached hydrogen (secondary N) is 2. The average molecular weight is 270 g/mol. The fourth-order valence-electron chi connectivity index (χ4n) is 1.76. The molecule has 0 aliphatic carbocycles. The zero-order chi connectivity index (χ0) is 14.5. The van der Waals surface area contributed by atoms with Crippen LogP contribution in [0.4, 0.5) is 5.69 Å². The summed E-state index contributed by atoms with van der Waals surface area (Å²) in [4.78, 5) is 23.2. The highest BCUT2D eigenvalue weighted by molar-refractivity contribution is 6.04. The summed E-state index contributed by atoms with van der Waals surface area (Å²) in [6.07, 6.45) is 0. The summed E-state index contributed by atoms with van der Waals surface area (Å²) < 4.78 is 0. The van der Waals surface area contributed by atoms with Crippen molar-refractivity contribution in [1.29, 1.82) is 0 Å². The maximum atomic E-state index is 12.0. The van der Waals surface area contributed by atoms with E-state index in [0.717, 1.165) is 5.56 Å².